The Morgan fingerprint density at radius 3 is 1.96 bits per heavy atom. The van der Waals surface area contributed by atoms with Crippen molar-refractivity contribution in [2.45, 2.75) is 10.9 Å². The molecule has 152 valence electrons. The smallest absolute Gasteiger partial charge is 0.341 e. The summed E-state index contributed by atoms with van der Waals surface area (Å²) in [4.78, 5) is 55.8. The number of ketones is 1. The minimum Gasteiger partial charge on any atom is -0.385 e. The number of benzene rings is 1. The summed E-state index contributed by atoms with van der Waals surface area (Å²) in [5.41, 5.74) is 3.05. The molecule has 1 aliphatic rings. The van der Waals surface area contributed by atoms with E-state index in [1.807, 2.05) is 0 Å². The minimum atomic E-state index is -5.60. The molecule has 0 radical (unpaired) electrons. The summed E-state index contributed by atoms with van der Waals surface area (Å²) in [6.45, 7) is 0. The monoisotopic (exact) mass is 469 g/mol. The van der Waals surface area contributed by atoms with Gasteiger partial charge in [0.25, 0.3) is 0 Å². The van der Waals surface area contributed by atoms with Crippen molar-refractivity contribution in [2.75, 3.05) is 0 Å². The lowest BCUT2D eigenvalue weighted by Gasteiger charge is -2.37. The van der Waals surface area contributed by atoms with Gasteiger partial charge in [0.1, 0.15) is 11.4 Å². The highest BCUT2D eigenvalue weighted by Gasteiger charge is 2.60. The predicted octanol–water partition coefficient (Wildman–Crippen LogP) is 1.79. The minimum absolute atomic E-state index is 0.000787. The number of nitrogens with two attached hydrogens (primary N) is 1. The Bertz CT molecular complexity index is 931. The van der Waals surface area contributed by atoms with Crippen LogP contribution in [0.15, 0.2) is 35.3 Å². The van der Waals surface area contributed by atoms with Crippen molar-refractivity contribution in [1.29, 1.82) is 5.41 Å². The van der Waals surface area contributed by atoms with Gasteiger partial charge >= 0.3 is 15.2 Å². The molecule has 1 aliphatic heterocycles. The number of nitrogens with zero attached hydrogens (tertiary/aromatic N) is 1. The first-order valence-corrected chi connectivity index (χ1v) is 11.5. The van der Waals surface area contributed by atoms with Crippen molar-refractivity contribution >= 4 is 56.2 Å². The number of halogens is 2. The van der Waals surface area contributed by atoms with E-state index in [1.165, 1.54) is 12.1 Å². The fourth-order valence-electron chi connectivity index (χ4n) is 2.93. The zero-order valence-electron chi connectivity index (χ0n) is 13.8. The van der Waals surface area contributed by atoms with E-state index in [0.29, 0.717) is 0 Å². The molecular weight excluding hydrogens is 455 g/mol. The first-order valence-electron chi connectivity index (χ1n) is 7.38. The molecule has 0 saturated heterocycles. The lowest BCUT2D eigenvalue weighted by atomic mass is 9.79. The Labute approximate surface area is 168 Å². The van der Waals surface area contributed by atoms with Gasteiger partial charge in [-0.2, -0.15) is 0 Å². The van der Waals surface area contributed by atoms with Gasteiger partial charge in [0.15, 0.2) is 11.2 Å². The number of hydrogen-bond acceptors (Lipinski definition) is 5. The van der Waals surface area contributed by atoms with Crippen LogP contribution in [-0.2, 0) is 9.13 Å². The van der Waals surface area contributed by atoms with Crippen LogP contribution < -0.4 is 5.73 Å². The van der Waals surface area contributed by atoms with Crippen molar-refractivity contribution in [1.82, 2.24) is 0 Å². The molecule has 0 saturated carbocycles. The van der Waals surface area contributed by atoms with Crippen LogP contribution in [0.25, 0.3) is 0 Å². The van der Waals surface area contributed by atoms with Gasteiger partial charge < -0.3 is 25.3 Å². The Kier molecular flexibility index (Phi) is 6.40. The number of allylic oxidation sites excluding steroid dienone is 1. The molecule has 0 bridgehead atoms. The van der Waals surface area contributed by atoms with Gasteiger partial charge in [0, 0.05) is 21.8 Å². The zero-order valence-corrected chi connectivity index (χ0v) is 17.1. The summed E-state index contributed by atoms with van der Waals surface area (Å²) in [5, 5.41) is 5.01. The van der Waals surface area contributed by atoms with Gasteiger partial charge in [0.2, 0.25) is 0 Å². The highest BCUT2D eigenvalue weighted by atomic mass is 35.5. The summed E-state index contributed by atoms with van der Waals surface area (Å²) in [6.07, 6.45) is 3.41. The molecular formula is C14H15Cl2N3O7P2. The lowest BCUT2D eigenvalue weighted by molar-refractivity contribution is 0.0893. The topological polar surface area (TPSA) is 194 Å². The van der Waals surface area contributed by atoms with Gasteiger partial charge in [-0.15, -0.1) is 0 Å². The van der Waals surface area contributed by atoms with Crippen molar-refractivity contribution in [3.63, 3.8) is 0 Å². The van der Waals surface area contributed by atoms with Crippen molar-refractivity contribution in [3.05, 3.63) is 46.0 Å². The van der Waals surface area contributed by atoms with Crippen LogP contribution in [0.2, 0.25) is 10.0 Å². The van der Waals surface area contributed by atoms with Crippen LogP contribution in [0.4, 0.5) is 0 Å². The molecule has 10 nitrogen and oxygen atoms in total. The first kappa shape index (κ1) is 22.9. The van der Waals surface area contributed by atoms with Crippen molar-refractivity contribution in [2.24, 2.45) is 16.6 Å². The van der Waals surface area contributed by atoms with Crippen molar-refractivity contribution < 1.29 is 33.5 Å². The fraction of sp³-hybridized carbons (Fsp3) is 0.214. The maximum absolute atomic E-state index is 13.2. The number of rotatable bonds is 7. The highest BCUT2D eigenvalue weighted by molar-refractivity contribution is 7.71. The second-order valence-corrected chi connectivity index (χ2v) is 10.7. The van der Waals surface area contributed by atoms with E-state index >= 15 is 0 Å². The van der Waals surface area contributed by atoms with E-state index in [-0.39, 0.29) is 15.6 Å². The Hall–Kier alpha value is -1.35. The lowest BCUT2D eigenvalue weighted by Crippen LogP contribution is -2.53. The Morgan fingerprint density at radius 1 is 1.11 bits per heavy atom. The number of aliphatic imine (C=N–C) groups is 1. The van der Waals surface area contributed by atoms with E-state index in [2.05, 4.69) is 4.99 Å². The number of nitrogens with one attached hydrogen (secondary N) is 1. The highest BCUT2D eigenvalue weighted by Crippen LogP contribution is 2.65. The number of hydrogen-bond donors (Lipinski definition) is 6. The van der Waals surface area contributed by atoms with Gasteiger partial charge in [-0.25, -0.2) is 0 Å². The van der Waals surface area contributed by atoms with E-state index in [4.69, 9.17) is 34.3 Å². The molecule has 0 aromatic heterocycles. The average molecular weight is 470 g/mol. The summed E-state index contributed by atoms with van der Waals surface area (Å²) in [7, 11) is -11.2. The molecule has 1 heterocycles. The normalized spacial score (nSPS) is 20.5. The van der Waals surface area contributed by atoms with Crippen LogP contribution >= 0.6 is 38.4 Å². The summed E-state index contributed by atoms with van der Waals surface area (Å²) < 4.78 is 24.0. The molecule has 0 amide bonds. The molecule has 2 atom stereocenters. The van der Waals surface area contributed by atoms with Crippen LogP contribution in [0.1, 0.15) is 10.4 Å². The second-order valence-electron chi connectivity index (χ2n) is 5.97. The van der Waals surface area contributed by atoms with Gasteiger partial charge in [-0.3, -0.25) is 24.3 Å². The van der Waals surface area contributed by atoms with Crippen LogP contribution in [0.3, 0.4) is 0 Å². The molecule has 7 N–H and O–H groups in total. The molecule has 2 rings (SSSR count). The second kappa shape index (κ2) is 7.82. The third-order valence-electron chi connectivity index (χ3n) is 4.05. The van der Waals surface area contributed by atoms with E-state index in [1.54, 1.807) is 0 Å². The summed E-state index contributed by atoms with van der Waals surface area (Å²) >= 11 is 11.7. The molecule has 2 unspecified atom stereocenters. The van der Waals surface area contributed by atoms with Gasteiger partial charge in [-0.05, 0) is 30.4 Å². The Balaban J connectivity index is 2.83. The fourth-order valence-corrected chi connectivity index (χ4v) is 6.53. The van der Waals surface area contributed by atoms with Crippen molar-refractivity contribution in [3.8, 4) is 0 Å². The van der Waals surface area contributed by atoms with E-state index in [0.717, 1.165) is 24.4 Å². The first-order chi connectivity index (χ1) is 12.7. The SMILES string of the molecule is N=C(N)C1(C(C(=O)c2cc(Cl)cc(Cl)c2)C(P(=O)(O)O)P(=O)(O)O)C=CC=N1. The number of Topliss-reactive ketones (excluding diaryl/α,β-unsaturated/α-hetero) is 1. The molecule has 0 fully saturated rings. The number of amidine groups is 1. The number of carbonyl (C=O) groups excluding carboxylic acids is 1. The van der Waals surface area contributed by atoms with E-state index in [9.17, 15) is 33.5 Å². The van der Waals surface area contributed by atoms with Gasteiger partial charge in [-0.1, -0.05) is 23.2 Å². The molecule has 28 heavy (non-hydrogen) atoms. The Morgan fingerprint density at radius 2 is 1.61 bits per heavy atom. The molecule has 0 aliphatic carbocycles. The third kappa shape index (κ3) is 4.45. The molecule has 0 spiro atoms. The summed E-state index contributed by atoms with van der Waals surface area (Å²) in [6, 6.07) is 3.50. The van der Waals surface area contributed by atoms with E-state index < -0.39 is 43.7 Å². The summed E-state index contributed by atoms with van der Waals surface area (Å²) in [5.74, 6) is -4.20. The average Bonchev–Trinajstić information content (AvgIpc) is 2.99. The van der Waals surface area contributed by atoms with Gasteiger partial charge in [0.05, 0.1) is 5.92 Å². The largest absolute Gasteiger partial charge is 0.385 e. The molecule has 14 heteroatoms. The molecule has 1 aromatic rings. The maximum Gasteiger partial charge on any atom is 0.341 e. The van der Waals surface area contributed by atoms with Crippen LogP contribution in [0.5, 0.6) is 0 Å². The number of carbonyl (C=O) groups is 1. The quantitative estimate of drug-likeness (QED) is 0.150. The van der Waals surface area contributed by atoms with Crippen LogP contribution in [-0.4, -0.2) is 48.3 Å². The third-order valence-corrected chi connectivity index (χ3v) is 8.26. The zero-order chi connectivity index (χ0) is 21.5. The molecule has 1 aromatic carbocycles. The standard InChI is InChI=1S/C14H15Cl2N3O7P2/c15-8-4-7(5-9(16)6-8)11(20)10(12(27(21,22)23)28(24,25)26)14(13(17)18)2-1-3-19-14/h1-6,10,12H,(H3,17,18)(H2,21,22,23)(H2,24,25,26). The predicted molar refractivity (Wildman–Crippen MR) is 104 cm³/mol. The maximum atomic E-state index is 13.2. The van der Waals surface area contributed by atoms with Crippen LogP contribution in [0, 0.1) is 11.3 Å².